The SMILES string of the molecule is CC[C@H](N)C1CCS(=O)(=O)C1. The second-order valence-corrected chi connectivity index (χ2v) is 5.46. The van der Waals surface area contributed by atoms with Crippen molar-refractivity contribution in [2.75, 3.05) is 11.5 Å². The van der Waals surface area contributed by atoms with Crippen LogP contribution in [-0.4, -0.2) is 26.0 Å². The Morgan fingerprint density at radius 2 is 2.27 bits per heavy atom. The Hall–Kier alpha value is -0.0900. The molecule has 2 N–H and O–H groups in total. The highest BCUT2D eigenvalue weighted by atomic mass is 32.2. The zero-order chi connectivity index (χ0) is 8.48. The van der Waals surface area contributed by atoms with Crippen LogP contribution < -0.4 is 5.73 Å². The maximum Gasteiger partial charge on any atom is 0.150 e. The second kappa shape index (κ2) is 3.11. The van der Waals surface area contributed by atoms with Gasteiger partial charge in [-0.3, -0.25) is 0 Å². The molecule has 0 aromatic carbocycles. The summed E-state index contributed by atoms with van der Waals surface area (Å²) in [5.41, 5.74) is 5.73. The van der Waals surface area contributed by atoms with Crippen molar-refractivity contribution in [3.05, 3.63) is 0 Å². The van der Waals surface area contributed by atoms with Crippen molar-refractivity contribution in [2.24, 2.45) is 11.7 Å². The lowest BCUT2D eigenvalue weighted by atomic mass is 9.98. The molecule has 0 saturated carbocycles. The summed E-state index contributed by atoms with van der Waals surface area (Å²) in [5.74, 6) is 0.859. The third kappa shape index (κ3) is 2.17. The van der Waals surface area contributed by atoms with Gasteiger partial charge in [-0.25, -0.2) is 8.42 Å². The minimum Gasteiger partial charge on any atom is -0.327 e. The molecule has 4 heteroatoms. The third-order valence-electron chi connectivity index (χ3n) is 2.34. The molecular weight excluding hydrogens is 162 g/mol. The van der Waals surface area contributed by atoms with E-state index >= 15 is 0 Å². The molecule has 11 heavy (non-hydrogen) atoms. The largest absolute Gasteiger partial charge is 0.327 e. The molecule has 1 rings (SSSR count). The fourth-order valence-electron chi connectivity index (χ4n) is 1.49. The van der Waals surface area contributed by atoms with Gasteiger partial charge in [-0.1, -0.05) is 6.92 Å². The predicted molar refractivity (Wildman–Crippen MR) is 45.0 cm³/mol. The lowest BCUT2D eigenvalue weighted by Gasteiger charge is -2.14. The summed E-state index contributed by atoms with van der Waals surface area (Å²) in [6, 6.07) is 0.0762. The summed E-state index contributed by atoms with van der Waals surface area (Å²) >= 11 is 0. The fraction of sp³-hybridized carbons (Fsp3) is 1.00. The van der Waals surface area contributed by atoms with Crippen molar-refractivity contribution in [1.82, 2.24) is 0 Å². The van der Waals surface area contributed by atoms with Gasteiger partial charge in [-0.2, -0.15) is 0 Å². The average molecular weight is 177 g/mol. The Morgan fingerprint density at radius 1 is 1.64 bits per heavy atom. The van der Waals surface area contributed by atoms with Crippen molar-refractivity contribution >= 4 is 9.84 Å². The van der Waals surface area contributed by atoms with Gasteiger partial charge in [0.1, 0.15) is 0 Å². The third-order valence-corrected chi connectivity index (χ3v) is 4.14. The van der Waals surface area contributed by atoms with Crippen LogP contribution in [0.4, 0.5) is 0 Å². The molecule has 0 radical (unpaired) electrons. The van der Waals surface area contributed by atoms with E-state index in [4.69, 9.17) is 5.73 Å². The van der Waals surface area contributed by atoms with Crippen LogP contribution >= 0.6 is 0 Å². The highest BCUT2D eigenvalue weighted by Gasteiger charge is 2.30. The maximum absolute atomic E-state index is 11.0. The molecule has 0 aromatic rings. The highest BCUT2D eigenvalue weighted by Crippen LogP contribution is 2.21. The molecule has 0 amide bonds. The van der Waals surface area contributed by atoms with Crippen LogP contribution in [0.1, 0.15) is 19.8 Å². The van der Waals surface area contributed by atoms with E-state index in [1.54, 1.807) is 0 Å². The molecule has 0 spiro atoms. The predicted octanol–water partition coefficient (Wildman–Crippen LogP) is 0.158. The second-order valence-electron chi connectivity index (χ2n) is 3.24. The Balaban J connectivity index is 2.55. The van der Waals surface area contributed by atoms with Crippen molar-refractivity contribution in [2.45, 2.75) is 25.8 Å². The van der Waals surface area contributed by atoms with Crippen LogP contribution in [0.3, 0.4) is 0 Å². The lowest BCUT2D eigenvalue weighted by Crippen LogP contribution is -2.29. The Morgan fingerprint density at radius 3 is 2.64 bits per heavy atom. The van der Waals surface area contributed by atoms with E-state index in [1.807, 2.05) is 6.92 Å². The molecule has 0 bridgehead atoms. The number of sulfone groups is 1. The van der Waals surface area contributed by atoms with Crippen LogP contribution in [0.15, 0.2) is 0 Å². The van der Waals surface area contributed by atoms with Gasteiger partial charge < -0.3 is 5.73 Å². The van der Waals surface area contributed by atoms with Gasteiger partial charge >= 0.3 is 0 Å². The molecule has 1 unspecified atom stereocenters. The lowest BCUT2D eigenvalue weighted by molar-refractivity contribution is 0.452. The average Bonchev–Trinajstić information content (AvgIpc) is 2.29. The van der Waals surface area contributed by atoms with Crippen molar-refractivity contribution in [1.29, 1.82) is 0 Å². The van der Waals surface area contributed by atoms with Crippen LogP contribution in [-0.2, 0) is 9.84 Å². The number of hydrogen-bond donors (Lipinski definition) is 1. The van der Waals surface area contributed by atoms with E-state index < -0.39 is 9.84 Å². The van der Waals surface area contributed by atoms with E-state index in [2.05, 4.69) is 0 Å². The zero-order valence-corrected chi connectivity index (χ0v) is 7.60. The van der Waals surface area contributed by atoms with Crippen LogP contribution in [0.25, 0.3) is 0 Å². The molecule has 1 heterocycles. The van der Waals surface area contributed by atoms with E-state index in [1.165, 1.54) is 0 Å². The Labute approximate surface area is 67.9 Å². The summed E-state index contributed by atoms with van der Waals surface area (Å²) in [7, 11) is -2.73. The monoisotopic (exact) mass is 177 g/mol. The van der Waals surface area contributed by atoms with Gasteiger partial charge in [0.05, 0.1) is 11.5 Å². The smallest absolute Gasteiger partial charge is 0.150 e. The standard InChI is InChI=1S/C7H15NO2S/c1-2-7(8)6-3-4-11(9,10)5-6/h6-7H,2-5,8H2,1H3/t6?,7-/m0/s1. The summed E-state index contributed by atoms with van der Waals surface area (Å²) in [4.78, 5) is 0. The number of hydrogen-bond acceptors (Lipinski definition) is 3. The van der Waals surface area contributed by atoms with Crippen molar-refractivity contribution in [3.8, 4) is 0 Å². The first-order valence-electron chi connectivity index (χ1n) is 4.01. The first-order chi connectivity index (χ1) is 5.05. The highest BCUT2D eigenvalue weighted by molar-refractivity contribution is 7.91. The molecule has 1 aliphatic heterocycles. The molecule has 3 nitrogen and oxygen atoms in total. The Kier molecular flexibility index (Phi) is 2.54. The quantitative estimate of drug-likeness (QED) is 0.653. The van der Waals surface area contributed by atoms with Gasteiger partial charge in [0.15, 0.2) is 9.84 Å². The Bertz CT molecular complexity index is 223. The van der Waals surface area contributed by atoms with Crippen LogP contribution in [0, 0.1) is 5.92 Å². The zero-order valence-electron chi connectivity index (χ0n) is 6.79. The van der Waals surface area contributed by atoms with Gasteiger partial charge in [0.2, 0.25) is 0 Å². The first kappa shape index (κ1) is 9.00. The van der Waals surface area contributed by atoms with Gasteiger partial charge in [0, 0.05) is 6.04 Å². The van der Waals surface area contributed by atoms with Crippen LogP contribution in [0.5, 0.6) is 0 Å². The normalized spacial score (nSPS) is 32.0. The van der Waals surface area contributed by atoms with Gasteiger partial charge in [-0.15, -0.1) is 0 Å². The molecule has 2 atom stereocenters. The van der Waals surface area contributed by atoms with Crippen molar-refractivity contribution in [3.63, 3.8) is 0 Å². The summed E-state index contributed by atoms with van der Waals surface area (Å²) in [6.07, 6.45) is 1.64. The molecule has 0 aliphatic carbocycles. The van der Waals surface area contributed by atoms with E-state index in [9.17, 15) is 8.42 Å². The minimum atomic E-state index is -2.73. The van der Waals surface area contributed by atoms with Crippen LogP contribution in [0.2, 0.25) is 0 Å². The van der Waals surface area contributed by atoms with Gasteiger partial charge in [0.25, 0.3) is 0 Å². The maximum atomic E-state index is 11.0. The molecule has 1 saturated heterocycles. The van der Waals surface area contributed by atoms with Gasteiger partial charge in [-0.05, 0) is 18.8 Å². The molecule has 1 fully saturated rings. The van der Waals surface area contributed by atoms with E-state index in [0.29, 0.717) is 11.5 Å². The molecular formula is C7H15NO2S. The topological polar surface area (TPSA) is 60.2 Å². The molecule has 0 aromatic heterocycles. The number of rotatable bonds is 2. The van der Waals surface area contributed by atoms with Crippen molar-refractivity contribution < 1.29 is 8.42 Å². The summed E-state index contributed by atoms with van der Waals surface area (Å²) < 4.78 is 22.0. The summed E-state index contributed by atoms with van der Waals surface area (Å²) in [6.45, 7) is 2.00. The molecule has 66 valence electrons. The summed E-state index contributed by atoms with van der Waals surface area (Å²) in [5, 5.41) is 0. The fourth-order valence-corrected chi connectivity index (χ4v) is 3.39. The number of nitrogens with two attached hydrogens (primary N) is 1. The molecule has 1 aliphatic rings. The minimum absolute atomic E-state index is 0.0762. The van der Waals surface area contributed by atoms with E-state index in [-0.39, 0.29) is 12.0 Å². The van der Waals surface area contributed by atoms with E-state index in [0.717, 1.165) is 12.8 Å². The first-order valence-corrected chi connectivity index (χ1v) is 5.83.